The number of halogens is 1. The van der Waals surface area contributed by atoms with E-state index in [0.717, 1.165) is 18.4 Å². The highest BCUT2D eigenvalue weighted by Gasteiger charge is 2.05. The molecular formula is C11H19ClN2O. The van der Waals surface area contributed by atoms with Crippen LogP contribution in [0, 0.1) is 0 Å². The fraction of sp³-hybridized carbons (Fsp3) is 0.545. The minimum Gasteiger partial charge on any atom is -0.481 e. The molecule has 0 aliphatic carbocycles. The molecule has 0 spiro atoms. The van der Waals surface area contributed by atoms with Crippen molar-refractivity contribution >= 4 is 12.4 Å². The van der Waals surface area contributed by atoms with Crippen molar-refractivity contribution in [3.05, 3.63) is 23.9 Å². The summed E-state index contributed by atoms with van der Waals surface area (Å²) in [4.78, 5) is 4.12. The quantitative estimate of drug-likeness (QED) is 0.846. The van der Waals surface area contributed by atoms with Gasteiger partial charge in [0.1, 0.15) is 0 Å². The van der Waals surface area contributed by atoms with Crippen molar-refractivity contribution < 1.29 is 4.74 Å². The Morgan fingerprint density at radius 1 is 1.47 bits per heavy atom. The van der Waals surface area contributed by atoms with Gasteiger partial charge in [0.15, 0.2) is 0 Å². The number of ether oxygens (including phenoxy) is 1. The molecule has 0 aliphatic rings. The van der Waals surface area contributed by atoms with Gasteiger partial charge in [0, 0.05) is 18.3 Å². The molecule has 0 aromatic carbocycles. The molecule has 4 heteroatoms. The first kappa shape index (κ1) is 14.2. The van der Waals surface area contributed by atoms with Crippen LogP contribution in [0.2, 0.25) is 0 Å². The van der Waals surface area contributed by atoms with Gasteiger partial charge < -0.3 is 10.5 Å². The lowest BCUT2D eigenvalue weighted by atomic mass is 10.0. The second kappa shape index (κ2) is 7.49. The van der Waals surface area contributed by atoms with E-state index < -0.39 is 0 Å². The molecule has 2 N–H and O–H groups in total. The van der Waals surface area contributed by atoms with E-state index in [-0.39, 0.29) is 18.4 Å². The molecule has 1 aromatic heterocycles. The van der Waals surface area contributed by atoms with E-state index in [1.54, 1.807) is 13.3 Å². The van der Waals surface area contributed by atoms with Crippen LogP contribution in [0.15, 0.2) is 18.3 Å². The van der Waals surface area contributed by atoms with Crippen molar-refractivity contribution in [3.8, 4) is 5.88 Å². The third kappa shape index (κ3) is 4.49. The first-order valence-corrected chi connectivity index (χ1v) is 5.03. The molecule has 3 nitrogen and oxygen atoms in total. The maximum absolute atomic E-state index is 5.99. The number of nitrogens with zero attached hydrogens (tertiary/aromatic N) is 1. The number of rotatable bonds is 5. The number of methoxy groups -OCH3 is 1. The molecule has 0 fully saturated rings. The summed E-state index contributed by atoms with van der Waals surface area (Å²) in [6, 6.07) is 3.93. The van der Waals surface area contributed by atoms with Gasteiger partial charge in [0.25, 0.3) is 0 Å². The number of aromatic nitrogens is 1. The number of pyridine rings is 1. The summed E-state index contributed by atoms with van der Waals surface area (Å²) in [5.74, 6) is 0.636. The molecule has 1 aromatic rings. The normalized spacial score (nSPS) is 11.7. The molecule has 0 saturated heterocycles. The summed E-state index contributed by atoms with van der Waals surface area (Å²) in [7, 11) is 1.61. The van der Waals surface area contributed by atoms with Gasteiger partial charge >= 0.3 is 0 Å². The molecule has 15 heavy (non-hydrogen) atoms. The average molecular weight is 231 g/mol. The maximum atomic E-state index is 5.99. The Morgan fingerprint density at radius 3 is 2.67 bits per heavy atom. The number of hydrogen-bond acceptors (Lipinski definition) is 3. The summed E-state index contributed by atoms with van der Waals surface area (Å²) < 4.78 is 4.98. The molecule has 1 rings (SSSR count). The Bertz CT molecular complexity index is 264. The van der Waals surface area contributed by atoms with Crippen LogP contribution in [0.4, 0.5) is 0 Å². The van der Waals surface area contributed by atoms with Gasteiger partial charge in [-0.05, 0) is 12.0 Å². The Labute approximate surface area is 97.4 Å². The maximum Gasteiger partial charge on any atom is 0.212 e. The van der Waals surface area contributed by atoms with Crippen LogP contribution in [0.1, 0.15) is 37.8 Å². The fourth-order valence-electron chi connectivity index (χ4n) is 1.32. The second-order valence-electron chi connectivity index (χ2n) is 3.38. The Morgan fingerprint density at radius 2 is 2.20 bits per heavy atom. The second-order valence-corrected chi connectivity index (χ2v) is 3.38. The number of unbranched alkanes of at least 4 members (excludes halogenated alkanes) is 1. The van der Waals surface area contributed by atoms with Gasteiger partial charge in [0.2, 0.25) is 5.88 Å². The van der Waals surface area contributed by atoms with Crippen molar-refractivity contribution in [3.63, 3.8) is 0 Å². The summed E-state index contributed by atoms with van der Waals surface area (Å²) in [6.45, 7) is 2.17. The van der Waals surface area contributed by atoms with Crippen LogP contribution in [-0.4, -0.2) is 12.1 Å². The van der Waals surface area contributed by atoms with E-state index in [0.29, 0.717) is 5.88 Å². The largest absolute Gasteiger partial charge is 0.481 e. The first-order chi connectivity index (χ1) is 6.77. The lowest BCUT2D eigenvalue weighted by Crippen LogP contribution is -2.10. The molecule has 0 saturated carbocycles. The molecule has 0 amide bonds. The van der Waals surface area contributed by atoms with Crippen molar-refractivity contribution in [2.75, 3.05) is 7.11 Å². The monoisotopic (exact) mass is 230 g/mol. The number of nitrogens with two attached hydrogens (primary N) is 1. The average Bonchev–Trinajstić information content (AvgIpc) is 2.26. The minimum atomic E-state index is 0. The van der Waals surface area contributed by atoms with Crippen molar-refractivity contribution in [1.82, 2.24) is 4.98 Å². The van der Waals surface area contributed by atoms with Crippen molar-refractivity contribution in [2.45, 2.75) is 32.2 Å². The Balaban J connectivity index is 0.00000196. The van der Waals surface area contributed by atoms with E-state index >= 15 is 0 Å². The molecule has 0 bridgehead atoms. The van der Waals surface area contributed by atoms with E-state index in [1.165, 1.54) is 6.42 Å². The highest BCUT2D eigenvalue weighted by molar-refractivity contribution is 5.85. The van der Waals surface area contributed by atoms with Crippen LogP contribution in [0.25, 0.3) is 0 Å². The first-order valence-electron chi connectivity index (χ1n) is 5.03. The zero-order valence-corrected chi connectivity index (χ0v) is 10.1. The third-order valence-electron chi connectivity index (χ3n) is 2.27. The van der Waals surface area contributed by atoms with Crippen molar-refractivity contribution in [1.29, 1.82) is 0 Å². The SMILES string of the molecule is CCCC[C@@H](N)c1ccc(OC)nc1.Cl. The van der Waals surface area contributed by atoms with Gasteiger partial charge in [-0.2, -0.15) is 0 Å². The Hall–Kier alpha value is -0.800. The van der Waals surface area contributed by atoms with Gasteiger partial charge in [-0.3, -0.25) is 0 Å². The summed E-state index contributed by atoms with van der Waals surface area (Å²) in [5, 5.41) is 0. The fourth-order valence-corrected chi connectivity index (χ4v) is 1.32. The zero-order chi connectivity index (χ0) is 10.4. The summed E-state index contributed by atoms with van der Waals surface area (Å²) in [5.41, 5.74) is 7.07. The van der Waals surface area contributed by atoms with Crippen LogP contribution >= 0.6 is 12.4 Å². The molecule has 86 valence electrons. The summed E-state index contributed by atoms with van der Waals surface area (Å²) >= 11 is 0. The Kier molecular flexibility index (Phi) is 7.09. The van der Waals surface area contributed by atoms with E-state index in [2.05, 4.69) is 11.9 Å². The summed E-state index contributed by atoms with van der Waals surface area (Å²) in [6.07, 6.45) is 5.15. The highest BCUT2D eigenvalue weighted by atomic mass is 35.5. The van der Waals surface area contributed by atoms with E-state index in [4.69, 9.17) is 10.5 Å². The minimum absolute atomic E-state index is 0. The molecule has 1 atom stereocenters. The highest BCUT2D eigenvalue weighted by Crippen LogP contribution is 2.17. The topological polar surface area (TPSA) is 48.1 Å². The third-order valence-corrected chi connectivity index (χ3v) is 2.27. The number of hydrogen-bond donors (Lipinski definition) is 1. The zero-order valence-electron chi connectivity index (χ0n) is 9.27. The van der Waals surface area contributed by atoms with Gasteiger partial charge in [-0.15, -0.1) is 12.4 Å². The van der Waals surface area contributed by atoms with E-state index in [9.17, 15) is 0 Å². The van der Waals surface area contributed by atoms with Crippen LogP contribution < -0.4 is 10.5 Å². The smallest absolute Gasteiger partial charge is 0.212 e. The molecule has 0 aliphatic heterocycles. The van der Waals surface area contributed by atoms with Gasteiger partial charge in [0.05, 0.1) is 7.11 Å². The van der Waals surface area contributed by atoms with Gasteiger partial charge in [-0.25, -0.2) is 4.98 Å². The molecule has 0 radical (unpaired) electrons. The van der Waals surface area contributed by atoms with Gasteiger partial charge in [-0.1, -0.05) is 25.8 Å². The standard InChI is InChI=1S/C11H18N2O.ClH/c1-3-4-5-10(12)9-6-7-11(14-2)13-8-9;/h6-8,10H,3-5,12H2,1-2H3;1H/t10-;/m1./s1. The lowest BCUT2D eigenvalue weighted by molar-refractivity contribution is 0.397. The van der Waals surface area contributed by atoms with Crippen LogP contribution in [0.5, 0.6) is 5.88 Å². The lowest BCUT2D eigenvalue weighted by Gasteiger charge is -2.10. The predicted octanol–water partition coefficient (Wildman–Crippen LogP) is 2.70. The van der Waals surface area contributed by atoms with Crippen molar-refractivity contribution in [2.24, 2.45) is 5.73 Å². The molecule has 1 heterocycles. The molecule has 0 unspecified atom stereocenters. The van der Waals surface area contributed by atoms with Crippen LogP contribution in [-0.2, 0) is 0 Å². The molecular weight excluding hydrogens is 212 g/mol. The van der Waals surface area contributed by atoms with Crippen LogP contribution in [0.3, 0.4) is 0 Å². The van der Waals surface area contributed by atoms with E-state index in [1.807, 2.05) is 12.1 Å². The predicted molar refractivity (Wildman–Crippen MR) is 64.5 cm³/mol.